The van der Waals surface area contributed by atoms with Crippen LogP contribution < -0.4 is 15.4 Å². The molecule has 6 nitrogen and oxygen atoms in total. The summed E-state index contributed by atoms with van der Waals surface area (Å²) >= 11 is 6.64. The van der Waals surface area contributed by atoms with Crippen molar-refractivity contribution in [1.29, 1.82) is 0 Å². The van der Waals surface area contributed by atoms with Crippen molar-refractivity contribution in [3.05, 3.63) is 60.2 Å². The van der Waals surface area contributed by atoms with Gasteiger partial charge in [-0.1, -0.05) is 56.3 Å². The summed E-state index contributed by atoms with van der Waals surface area (Å²) < 4.78 is 5.83. The Hall–Kier alpha value is -2.12. The molecule has 1 aliphatic heterocycles. The maximum absolute atomic E-state index is 12.0. The molecule has 0 spiro atoms. The number of halogens is 1. The van der Waals surface area contributed by atoms with E-state index in [0.717, 1.165) is 31.5 Å². The fraction of sp³-hybridized carbons (Fsp3) is 0.480. The second kappa shape index (κ2) is 12.2. The largest absolute Gasteiger partial charge is 0.491 e. The van der Waals surface area contributed by atoms with Crippen molar-refractivity contribution in [2.45, 2.75) is 50.9 Å². The molecule has 0 saturated carbocycles. The first-order valence-corrected chi connectivity index (χ1v) is 11.8. The highest BCUT2D eigenvalue weighted by atomic mass is 35.5. The number of aliphatic hydroxyl groups excluding tert-OH is 1. The predicted molar refractivity (Wildman–Crippen MR) is 129 cm³/mol. The van der Waals surface area contributed by atoms with Gasteiger partial charge in [0.1, 0.15) is 17.5 Å². The number of alkyl halides is 1. The molecule has 174 valence electrons. The van der Waals surface area contributed by atoms with Crippen LogP contribution >= 0.6 is 11.6 Å². The van der Waals surface area contributed by atoms with Crippen LogP contribution in [0.15, 0.2) is 54.6 Å². The summed E-state index contributed by atoms with van der Waals surface area (Å²) in [6, 6.07) is 17.7. The van der Waals surface area contributed by atoms with Gasteiger partial charge in [0.15, 0.2) is 0 Å². The van der Waals surface area contributed by atoms with Crippen LogP contribution in [0.25, 0.3) is 0 Å². The Morgan fingerprint density at radius 2 is 1.78 bits per heavy atom. The number of carbonyl (C=O) groups is 1. The maximum Gasteiger partial charge on any atom is 0.227 e. The number of benzene rings is 2. The summed E-state index contributed by atoms with van der Waals surface area (Å²) in [6.07, 6.45) is 1.66. The number of likely N-dealkylation sites (tertiary alicyclic amines) is 1. The number of anilines is 1. The number of nitrogens with zero attached hydrogens (tertiary/aromatic N) is 1. The number of amides is 1. The van der Waals surface area contributed by atoms with Gasteiger partial charge >= 0.3 is 0 Å². The number of hydrogen-bond donors (Lipinski definition) is 3. The first-order chi connectivity index (χ1) is 15.4. The molecule has 2 aromatic carbocycles. The normalized spacial score (nSPS) is 17.2. The third-order valence-corrected chi connectivity index (χ3v) is 6.20. The smallest absolute Gasteiger partial charge is 0.227 e. The van der Waals surface area contributed by atoms with Gasteiger partial charge in [-0.15, -0.1) is 11.6 Å². The summed E-state index contributed by atoms with van der Waals surface area (Å²) in [6.45, 7) is 5.81. The van der Waals surface area contributed by atoms with E-state index < -0.39 is 6.23 Å². The van der Waals surface area contributed by atoms with Crippen molar-refractivity contribution in [1.82, 2.24) is 10.2 Å². The second-order valence-electron chi connectivity index (χ2n) is 8.52. The number of hydrogen-bond acceptors (Lipinski definition) is 5. The van der Waals surface area contributed by atoms with Gasteiger partial charge in [0.25, 0.3) is 0 Å². The van der Waals surface area contributed by atoms with Gasteiger partial charge in [-0.25, -0.2) is 0 Å². The lowest BCUT2D eigenvalue weighted by molar-refractivity contribution is -0.118. The van der Waals surface area contributed by atoms with Crippen LogP contribution in [0, 0.1) is 5.92 Å². The monoisotopic (exact) mass is 459 g/mol. The topological polar surface area (TPSA) is 73.8 Å². The third kappa shape index (κ3) is 7.20. The van der Waals surface area contributed by atoms with Gasteiger partial charge in [0.05, 0.1) is 12.3 Å². The third-order valence-electron chi connectivity index (χ3n) is 5.67. The molecule has 2 atom stereocenters. The van der Waals surface area contributed by atoms with Crippen molar-refractivity contribution in [2.24, 2.45) is 5.92 Å². The van der Waals surface area contributed by atoms with E-state index in [4.69, 9.17) is 16.3 Å². The van der Waals surface area contributed by atoms with Gasteiger partial charge in [-0.3, -0.25) is 15.0 Å². The van der Waals surface area contributed by atoms with Gasteiger partial charge in [0, 0.05) is 31.5 Å². The predicted octanol–water partition coefficient (Wildman–Crippen LogP) is 4.36. The molecule has 3 N–H and O–H groups in total. The molecule has 1 amide bonds. The Morgan fingerprint density at radius 1 is 1.12 bits per heavy atom. The zero-order valence-corrected chi connectivity index (χ0v) is 19.6. The highest BCUT2D eigenvalue weighted by Crippen LogP contribution is 2.28. The van der Waals surface area contributed by atoms with Crippen LogP contribution in [0.2, 0.25) is 0 Å². The zero-order valence-electron chi connectivity index (χ0n) is 18.8. The van der Waals surface area contributed by atoms with Crippen molar-refractivity contribution in [3.63, 3.8) is 0 Å². The molecule has 1 heterocycles. The molecule has 1 aliphatic rings. The zero-order chi connectivity index (χ0) is 22.9. The van der Waals surface area contributed by atoms with Gasteiger partial charge < -0.3 is 15.2 Å². The first kappa shape index (κ1) is 24.5. The molecule has 0 aliphatic carbocycles. The molecule has 0 aromatic heterocycles. The van der Waals surface area contributed by atoms with Crippen molar-refractivity contribution in [3.8, 4) is 5.75 Å². The quantitative estimate of drug-likeness (QED) is 0.279. The van der Waals surface area contributed by atoms with E-state index in [-0.39, 0.29) is 23.4 Å². The average Bonchev–Trinajstić information content (AvgIpc) is 2.80. The molecule has 1 fully saturated rings. The Bertz CT molecular complexity index is 841. The fourth-order valence-corrected chi connectivity index (χ4v) is 4.06. The molecule has 1 saturated heterocycles. The van der Waals surface area contributed by atoms with E-state index >= 15 is 0 Å². The maximum atomic E-state index is 12.0. The van der Waals surface area contributed by atoms with E-state index in [1.165, 1.54) is 0 Å². The Kier molecular flexibility index (Phi) is 9.36. The summed E-state index contributed by atoms with van der Waals surface area (Å²) in [5, 5.41) is 16.6. The fourth-order valence-electron chi connectivity index (χ4n) is 3.72. The number of para-hydroxylation sites is 2. The molecule has 32 heavy (non-hydrogen) atoms. The molecule has 0 radical (unpaired) electrons. The summed E-state index contributed by atoms with van der Waals surface area (Å²) in [5.74, 6) is 0.443. The minimum absolute atomic E-state index is 0.0551. The van der Waals surface area contributed by atoms with Crippen LogP contribution in [-0.2, 0) is 4.79 Å². The van der Waals surface area contributed by atoms with Gasteiger partial charge in [-0.05, 0) is 30.5 Å². The standard InChI is InChI=1S/C25H34ClN3O3/c1-18(2)25(31)28-21-10-6-7-11-22(21)32-17-14-23(30)27-20-12-15-29(16-13-20)24(26)19-8-4-3-5-9-19/h3-11,18,20,23-24,27,30H,12-17H2,1-2H3,(H,28,31). The molecule has 3 rings (SSSR count). The Morgan fingerprint density at radius 3 is 2.47 bits per heavy atom. The summed E-state index contributed by atoms with van der Waals surface area (Å²) in [7, 11) is 0. The Labute approximate surface area is 195 Å². The van der Waals surface area contributed by atoms with E-state index in [2.05, 4.69) is 27.7 Å². The van der Waals surface area contributed by atoms with Crippen molar-refractivity contribution in [2.75, 3.05) is 25.0 Å². The molecule has 7 heteroatoms. The SMILES string of the molecule is CC(C)C(=O)Nc1ccccc1OCCC(O)NC1CCN(C(Cl)c2ccccc2)CC1. The second-order valence-corrected chi connectivity index (χ2v) is 8.93. The molecular formula is C25H34ClN3O3. The number of carbonyl (C=O) groups excluding carboxylic acids is 1. The van der Waals surface area contributed by atoms with Crippen LogP contribution in [-0.4, -0.2) is 47.9 Å². The first-order valence-electron chi connectivity index (χ1n) is 11.3. The highest BCUT2D eigenvalue weighted by Gasteiger charge is 2.25. The lowest BCUT2D eigenvalue weighted by Crippen LogP contribution is -2.46. The van der Waals surface area contributed by atoms with Crippen molar-refractivity contribution >= 4 is 23.2 Å². The average molecular weight is 460 g/mol. The number of ether oxygens (including phenoxy) is 1. The van der Waals surface area contributed by atoms with E-state index in [1.807, 2.05) is 56.3 Å². The number of nitrogens with one attached hydrogen (secondary N) is 2. The number of aliphatic hydroxyl groups is 1. The van der Waals surface area contributed by atoms with Crippen LogP contribution in [0.1, 0.15) is 44.2 Å². The minimum Gasteiger partial charge on any atom is -0.491 e. The lowest BCUT2D eigenvalue weighted by Gasteiger charge is -2.36. The van der Waals surface area contributed by atoms with Crippen LogP contribution in [0.5, 0.6) is 5.75 Å². The van der Waals surface area contributed by atoms with Gasteiger partial charge in [0.2, 0.25) is 5.91 Å². The number of piperidine rings is 1. The summed E-state index contributed by atoms with van der Waals surface area (Å²) in [4.78, 5) is 14.3. The minimum atomic E-state index is -0.648. The van der Waals surface area contributed by atoms with E-state index in [9.17, 15) is 9.90 Å². The number of rotatable bonds is 10. The van der Waals surface area contributed by atoms with Crippen LogP contribution in [0.4, 0.5) is 5.69 Å². The lowest BCUT2D eigenvalue weighted by atomic mass is 10.0. The Balaban J connectivity index is 1.39. The van der Waals surface area contributed by atoms with Gasteiger partial charge in [-0.2, -0.15) is 0 Å². The summed E-state index contributed by atoms with van der Waals surface area (Å²) in [5.41, 5.74) is 1.64. The van der Waals surface area contributed by atoms with E-state index in [1.54, 1.807) is 0 Å². The van der Waals surface area contributed by atoms with Crippen molar-refractivity contribution < 1.29 is 14.6 Å². The van der Waals surface area contributed by atoms with Crippen LogP contribution in [0.3, 0.4) is 0 Å². The highest BCUT2D eigenvalue weighted by molar-refractivity contribution is 6.20. The molecule has 2 unspecified atom stereocenters. The molecule has 2 aromatic rings. The molecular weight excluding hydrogens is 426 g/mol. The molecule has 0 bridgehead atoms. The van der Waals surface area contributed by atoms with E-state index in [0.29, 0.717) is 24.5 Å².